The first-order chi connectivity index (χ1) is 6.98. The van der Waals surface area contributed by atoms with Crippen molar-refractivity contribution < 1.29 is 4.74 Å². The molecule has 0 bridgehead atoms. The van der Waals surface area contributed by atoms with Crippen molar-refractivity contribution in [2.45, 2.75) is 32.8 Å². The van der Waals surface area contributed by atoms with E-state index in [4.69, 9.17) is 10.00 Å². The smallest absolute Gasteiger partial charge is 0.134 e. The number of hydrogen-bond donors (Lipinski definition) is 0. The van der Waals surface area contributed by atoms with Crippen LogP contribution in [0.4, 0.5) is 0 Å². The predicted octanol–water partition coefficient (Wildman–Crippen LogP) is 3.89. The average molecular weight is 268 g/mol. The Labute approximate surface area is 99.0 Å². The van der Waals surface area contributed by atoms with E-state index in [9.17, 15) is 0 Å². The quantitative estimate of drug-likeness (QED) is 0.833. The summed E-state index contributed by atoms with van der Waals surface area (Å²) in [5.74, 6) is 0.779. The maximum absolute atomic E-state index is 8.72. The fourth-order valence-corrected chi connectivity index (χ4v) is 1.48. The number of nitrogens with zero attached hydrogens (tertiary/aromatic N) is 1. The van der Waals surface area contributed by atoms with E-state index in [1.807, 2.05) is 19.9 Å². The van der Waals surface area contributed by atoms with E-state index in [1.54, 1.807) is 12.1 Å². The van der Waals surface area contributed by atoms with E-state index in [-0.39, 0.29) is 5.60 Å². The Morgan fingerprint density at radius 2 is 2.13 bits per heavy atom. The van der Waals surface area contributed by atoms with Gasteiger partial charge in [-0.15, -0.1) is 0 Å². The van der Waals surface area contributed by atoms with Gasteiger partial charge < -0.3 is 4.74 Å². The van der Waals surface area contributed by atoms with Crippen molar-refractivity contribution in [3.05, 3.63) is 28.2 Å². The molecule has 0 saturated heterocycles. The van der Waals surface area contributed by atoms with Gasteiger partial charge in [0.15, 0.2) is 0 Å². The summed E-state index contributed by atoms with van der Waals surface area (Å²) >= 11 is 3.39. The van der Waals surface area contributed by atoms with Crippen LogP contribution in [-0.2, 0) is 0 Å². The number of hydrogen-bond acceptors (Lipinski definition) is 2. The van der Waals surface area contributed by atoms with Gasteiger partial charge in [-0.25, -0.2) is 0 Å². The van der Waals surface area contributed by atoms with Crippen LogP contribution < -0.4 is 4.74 Å². The number of halogens is 1. The summed E-state index contributed by atoms with van der Waals surface area (Å²) < 4.78 is 6.65. The van der Waals surface area contributed by atoms with Crippen LogP contribution in [0.15, 0.2) is 22.7 Å². The van der Waals surface area contributed by atoms with Gasteiger partial charge in [0, 0.05) is 0 Å². The summed E-state index contributed by atoms with van der Waals surface area (Å²) in [6.45, 7) is 6.16. The minimum atomic E-state index is -0.184. The highest BCUT2D eigenvalue weighted by atomic mass is 79.9. The van der Waals surface area contributed by atoms with E-state index < -0.39 is 0 Å². The molecule has 2 nitrogen and oxygen atoms in total. The minimum Gasteiger partial charge on any atom is -0.487 e. The Morgan fingerprint density at radius 3 is 2.60 bits per heavy atom. The Morgan fingerprint density at radius 1 is 1.47 bits per heavy atom. The molecule has 0 aliphatic heterocycles. The lowest BCUT2D eigenvalue weighted by Crippen LogP contribution is -2.26. The van der Waals surface area contributed by atoms with E-state index >= 15 is 0 Å². The minimum absolute atomic E-state index is 0.184. The van der Waals surface area contributed by atoms with Crippen LogP contribution in [0.3, 0.4) is 0 Å². The van der Waals surface area contributed by atoms with Gasteiger partial charge in [-0.2, -0.15) is 5.26 Å². The first-order valence-electron chi connectivity index (χ1n) is 4.87. The SMILES string of the molecule is CCC(C)(C)Oc1ccc(C#N)cc1Br. The third kappa shape index (κ3) is 3.24. The lowest BCUT2D eigenvalue weighted by molar-refractivity contribution is 0.104. The number of benzene rings is 1. The van der Waals surface area contributed by atoms with Crippen molar-refractivity contribution in [2.75, 3.05) is 0 Å². The second-order valence-electron chi connectivity index (χ2n) is 3.97. The zero-order valence-corrected chi connectivity index (χ0v) is 10.8. The van der Waals surface area contributed by atoms with Crippen molar-refractivity contribution in [3.63, 3.8) is 0 Å². The highest BCUT2D eigenvalue weighted by Crippen LogP contribution is 2.29. The first-order valence-corrected chi connectivity index (χ1v) is 5.66. The van der Waals surface area contributed by atoms with E-state index in [2.05, 4.69) is 28.9 Å². The topological polar surface area (TPSA) is 33.0 Å². The number of rotatable bonds is 3. The molecule has 0 aromatic heterocycles. The highest BCUT2D eigenvalue weighted by molar-refractivity contribution is 9.10. The zero-order valence-electron chi connectivity index (χ0n) is 9.17. The molecule has 0 N–H and O–H groups in total. The van der Waals surface area contributed by atoms with E-state index in [1.165, 1.54) is 0 Å². The Kier molecular flexibility index (Phi) is 3.76. The summed E-state index contributed by atoms with van der Waals surface area (Å²) in [7, 11) is 0. The molecule has 0 fully saturated rings. The van der Waals surface area contributed by atoms with Crippen LogP contribution in [0.5, 0.6) is 5.75 Å². The molecular weight excluding hydrogens is 254 g/mol. The summed E-state index contributed by atoms with van der Waals surface area (Å²) in [4.78, 5) is 0. The second kappa shape index (κ2) is 4.67. The van der Waals surface area contributed by atoms with Crippen molar-refractivity contribution >= 4 is 15.9 Å². The van der Waals surface area contributed by atoms with Crippen LogP contribution >= 0.6 is 15.9 Å². The van der Waals surface area contributed by atoms with Crippen LogP contribution in [0, 0.1) is 11.3 Å². The standard InChI is InChI=1S/C12H14BrNO/c1-4-12(2,3)15-11-6-5-9(8-14)7-10(11)13/h5-7H,4H2,1-3H3. The molecule has 3 heteroatoms. The molecule has 1 aromatic carbocycles. The van der Waals surface area contributed by atoms with Gasteiger partial charge in [-0.3, -0.25) is 0 Å². The first kappa shape index (κ1) is 12.1. The van der Waals surface area contributed by atoms with Crippen LogP contribution in [0.2, 0.25) is 0 Å². The van der Waals surface area contributed by atoms with Gasteiger partial charge in [-0.05, 0) is 54.4 Å². The van der Waals surface area contributed by atoms with Gasteiger partial charge in [0.2, 0.25) is 0 Å². The number of ether oxygens (including phenoxy) is 1. The van der Waals surface area contributed by atoms with Crippen molar-refractivity contribution in [1.29, 1.82) is 5.26 Å². The molecule has 1 aromatic rings. The second-order valence-corrected chi connectivity index (χ2v) is 4.83. The third-order valence-corrected chi connectivity index (χ3v) is 2.92. The van der Waals surface area contributed by atoms with Gasteiger partial charge >= 0.3 is 0 Å². The molecule has 0 aliphatic rings. The summed E-state index contributed by atoms with van der Waals surface area (Å²) in [5, 5.41) is 8.72. The van der Waals surface area contributed by atoms with Gasteiger partial charge in [-0.1, -0.05) is 6.92 Å². The fraction of sp³-hybridized carbons (Fsp3) is 0.417. The average Bonchev–Trinajstić information content (AvgIpc) is 2.21. The molecular formula is C12H14BrNO. The molecule has 80 valence electrons. The lowest BCUT2D eigenvalue weighted by Gasteiger charge is -2.25. The molecule has 15 heavy (non-hydrogen) atoms. The number of nitriles is 1. The van der Waals surface area contributed by atoms with Crippen LogP contribution in [-0.4, -0.2) is 5.60 Å². The Bertz CT molecular complexity index is 393. The monoisotopic (exact) mass is 267 g/mol. The Hall–Kier alpha value is -1.01. The normalized spacial score (nSPS) is 10.9. The largest absolute Gasteiger partial charge is 0.487 e. The molecule has 0 aliphatic carbocycles. The van der Waals surface area contributed by atoms with Gasteiger partial charge in [0.05, 0.1) is 16.1 Å². The summed E-state index contributed by atoms with van der Waals surface area (Å²) in [6.07, 6.45) is 0.930. The third-order valence-electron chi connectivity index (χ3n) is 2.30. The highest BCUT2D eigenvalue weighted by Gasteiger charge is 2.18. The maximum Gasteiger partial charge on any atom is 0.134 e. The van der Waals surface area contributed by atoms with Crippen molar-refractivity contribution in [2.24, 2.45) is 0 Å². The lowest BCUT2D eigenvalue weighted by atomic mass is 10.1. The van der Waals surface area contributed by atoms with E-state index in [0.29, 0.717) is 5.56 Å². The summed E-state index contributed by atoms with van der Waals surface area (Å²) in [6, 6.07) is 7.43. The molecule has 0 unspecified atom stereocenters. The molecule has 0 saturated carbocycles. The molecule has 0 atom stereocenters. The molecule has 0 amide bonds. The van der Waals surface area contributed by atoms with Gasteiger partial charge in [0.1, 0.15) is 11.4 Å². The van der Waals surface area contributed by atoms with Crippen molar-refractivity contribution in [3.8, 4) is 11.8 Å². The Balaban J connectivity index is 2.93. The van der Waals surface area contributed by atoms with Crippen LogP contribution in [0.25, 0.3) is 0 Å². The zero-order chi connectivity index (χ0) is 11.5. The molecule has 0 radical (unpaired) electrons. The van der Waals surface area contributed by atoms with E-state index in [0.717, 1.165) is 16.6 Å². The van der Waals surface area contributed by atoms with Crippen molar-refractivity contribution in [1.82, 2.24) is 0 Å². The van der Waals surface area contributed by atoms with Crippen LogP contribution in [0.1, 0.15) is 32.8 Å². The van der Waals surface area contributed by atoms with Gasteiger partial charge in [0.25, 0.3) is 0 Å². The molecule has 0 heterocycles. The predicted molar refractivity (Wildman–Crippen MR) is 63.9 cm³/mol. The molecule has 1 rings (SSSR count). The maximum atomic E-state index is 8.72. The fourth-order valence-electron chi connectivity index (χ4n) is 1.02. The summed E-state index contributed by atoms with van der Waals surface area (Å²) in [5.41, 5.74) is 0.444. The molecule has 0 spiro atoms.